The molecule has 0 saturated carbocycles. The topological polar surface area (TPSA) is 41.6 Å². The fourth-order valence-corrected chi connectivity index (χ4v) is 4.43. The molecule has 1 aliphatic rings. The highest BCUT2D eigenvalue weighted by atomic mass is 32.1. The molecule has 0 unspecified atom stereocenters. The lowest BCUT2D eigenvalue weighted by Crippen LogP contribution is -2.44. The molecule has 0 bridgehead atoms. The Morgan fingerprint density at radius 3 is 2.45 bits per heavy atom. The largest absolute Gasteiger partial charge is 0.465 e. The van der Waals surface area contributed by atoms with Crippen molar-refractivity contribution in [1.82, 2.24) is 4.90 Å². The molecule has 2 heterocycles. The number of piperidine rings is 1. The molecule has 1 saturated heterocycles. The first-order chi connectivity index (χ1) is 10.3. The number of nitrogens with one attached hydrogen (secondary N) is 1. The van der Waals surface area contributed by atoms with Gasteiger partial charge in [0.15, 0.2) is 5.11 Å². The Kier molecular flexibility index (Phi) is 5.45. The minimum atomic E-state index is -0.312. The van der Waals surface area contributed by atoms with Crippen molar-refractivity contribution in [3.63, 3.8) is 0 Å². The first kappa shape index (κ1) is 17.2. The van der Waals surface area contributed by atoms with E-state index < -0.39 is 0 Å². The molecule has 0 amide bonds. The van der Waals surface area contributed by atoms with E-state index in [2.05, 4.69) is 24.1 Å². The average Bonchev–Trinajstić information content (AvgIpc) is 2.72. The smallest absolute Gasteiger partial charge is 0.341 e. The fourth-order valence-electron chi connectivity index (χ4n) is 3.07. The number of hydrogen-bond donors (Lipinski definition) is 1. The van der Waals surface area contributed by atoms with Crippen molar-refractivity contribution in [2.75, 3.05) is 25.5 Å². The standard InChI is InChI=1S/C16H24N2O2S2/c1-9-6-10(2)8-18(7-9)16(21)17-14-13(15(19)20-5)11(3)12(4)22-14/h9-10H,6-8H2,1-5H3,(H,17,21)/t9-,10-/m0/s1. The summed E-state index contributed by atoms with van der Waals surface area (Å²) in [5.74, 6) is 0.957. The van der Waals surface area contributed by atoms with E-state index in [0.29, 0.717) is 22.5 Å². The third-order valence-corrected chi connectivity index (χ3v) is 5.63. The van der Waals surface area contributed by atoms with Crippen molar-refractivity contribution in [3.05, 3.63) is 16.0 Å². The van der Waals surface area contributed by atoms with E-state index in [1.54, 1.807) is 11.3 Å². The summed E-state index contributed by atoms with van der Waals surface area (Å²) in [6.45, 7) is 10.4. The van der Waals surface area contributed by atoms with Gasteiger partial charge in [-0.3, -0.25) is 0 Å². The number of esters is 1. The van der Waals surface area contributed by atoms with Gasteiger partial charge in [0.1, 0.15) is 5.00 Å². The van der Waals surface area contributed by atoms with Crippen LogP contribution < -0.4 is 5.32 Å². The predicted octanol–water partition coefficient (Wildman–Crippen LogP) is 3.83. The minimum Gasteiger partial charge on any atom is -0.465 e. The summed E-state index contributed by atoms with van der Waals surface area (Å²) in [6, 6.07) is 0. The summed E-state index contributed by atoms with van der Waals surface area (Å²) >= 11 is 7.12. The number of aryl methyl sites for hydroxylation is 1. The zero-order chi connectivity index (χ0) is 16.4. The van der Waals surface area contributed by atoms with E-state index in [0.717, 1.165) is 28.5 Å². The fraction of sp³-hybridized carbons (Fsp3) is 0.625. The van der Waals surface area contributed by atoms with E-state index in [4.69, 9.17) is 17.0 Å². The van der Waals surface area contributed by atoms with Crippen molar-refractivity contribution in [1.29, 1.82) is 0 Å². The number of hydrogen-bond acceptors (Lipinski definition) is 4. The molecule has 1 aliphatic heterocycles. The highest BCUT2D eigenvalue weighted by molar-refractivity contribution is 7.80. The van der Waals surface area contributed by atoms with Crippen LogP contribution >= 0.6 is 23.6 Å². The molecule has 2 atom stereocenters. The summed E-state index contributed by atoms with van der Waals surface area (Å²) in [5.41, 5.74) is 1.56. The molecule has 4 nitrogen and oxygen atoms in total. The highest BCUT2D eigenvalue weighted by Crippen LogP contribution is 2.33. The van der Waals surface area contributed by atoms with Crippen LogP contribution in [0.5, 0.6) is 0 Å². The number of methoxy groups -OCH3 is 1. The van der Waals surface area contributed by atoms with Gasteiger partial charge < -0.3 is 15.0 Å². The first-order valence-electron chi connectivity index (χ1n) is 7.57. The van der Waals surface area contributed by atoms with Crippen molar-refractivity contribution < 1.29 is 9.53 Å². The average molecular weight is 341 g/mol. The van der Waals surface area contributed by atoms with Crippen molar-refractivity contribution >= 4 is 39.6 Å². The van der Waals surface area contributed by atoms with Crippen molar-refractivity contribution in [3.8, 4) is 0 Å². The Hall–Kier alpha value is -1.14. The van der Waals surface area contributed by atoms with Crippen LogP contribution in [0, 0.1) is 25.7 Å². The number of carbonyl (C=O) groups is 1. The number of carbonyl (C=O) groups excluding carboxylic acids is 1. The van der Waals surface area contributed by atoms with Gasteiger partial charge in [-0.2, -0.15) is 0 Å². The molecular formula is C16H24N2O2S2. The Morgan fingerprint density at radius 1 is 1.32 bits per heavy atom. The van der Waals surface area contributed by atoms with Crippen LogP contribution in [0.2, 0.25) is 0 Å². The monoisotopic (exact) mass is 340 g/mol. The van der Waals surface area contributed by atoms with E-state index in [9.17, 15) is 4.79 Å². The van der Waals surface area contributed by atoms with E-state index >= 15 is 0 Å². The third-order valence-electron chi connectivity index (χ3n) is 4.15. The molecule has 0 aromatic carbocycles. The number of nitrogens with zero attached hydrogens (tertiary/aromatic N) is 1. The van der Waals surface area contributed by atoms with E-state index in [-0.39, 0.29) is 5.97 Å². The lowest BCUT2D eigenvalue weighted by molar-refractivity contribution is 0.0601. The van der Waals surface area contributed by atoms with Gasteiger partial charge in [0, 0.05) is 18.0 Å². The summed E-state index contributed by atoms with van der Waals surface area (Å²) in [5, 5.41) is 4.76. The SMILES string of the molecule is COC(=O)c1c(NC(=S)N2C[C@@H](C)C[C@H](C)C2)sc(C)c1C. The number of thiophene rings is 1. The maximum Gasteiger partial charge on any atom is 0.341 e. The molecule has 122 valence electrons. The highest BCUT2D eigenvalue weighted by Gasteiger charge is 2.26. The summed E-state index contributed by atoms with van der Waals surface area (Å²) in [7, 11) is 1.41. The number of rotatable bonds is 2. The van der Waals surface area contributed by atoms with Gasteiger partial charge in [-0.1, -0.05) is 13.8 Å². The molecule has 6 heteroatoms. The zero-order valence-corrected chi connectivity index (χ0v) is 15.5. The zero-order valence-electron chi connectivity index (χ0n) is 13.9. The third kappa shape index (κ3) is 3.60. The summed E-state index contributed by atoms with van der Waals surface area (Å²) in [6.07, 6.45) is 1.24. The Bertz CT molecular complexity index is 573. The number of thiocarbonyl (C=S) groups is 1. The van der Waals surface area contributed by atoms with E-state index in [1.165, 1.54) is 13.5 Å². The van der Waals surface area contributed by atoms with Crippen LogP contribution in [0.25, 0.3) is 0 Å². The number of anilines is 1. The Balaban J connectivity index is 2.18. The molecular weight excluding hydrogens is 316 g/mol. The molecule has 1 aromatic heterocycles. The minimum absolute atomic E-state index is 0.312. The van der Waals surface area contributed by atoms with Crippen LogP contribution in [0.1, 0.15) is 41.1 Å². The summed E-state index contributed by atoms with van der Waals surface area (Å²) in [4.78, 5) is 15.3. The van der Waals surface area contributed by atoms with Gasteiger partial charge in [0.2, 0.25) is 0 Å². The van der Waals surface area contributed by atoms with Gasteiger partial charge in [-0.25, -0.2) is 4.79 Å². The van der Waals surface area contributed by atoms with Gasteiger partial charge in [0.05, 0.1) is 12.7 Å². The molecule has 0 aliphatic carbocycles. The van der Waals surface area contributed by atoms with Gasteiger partial charge in [0.25, 0.3) is 0 Å². The van der Waals surface area contributed by atoms with Crippen molar-refractivity contribution in [2.24, 2.45) is 11.8 Å². The van der Waals surface area contributed by atoms with Gasteiger partial charge >= 0.3 is 5.97 Å². The second kappa shape index (κ2) is 6.96. The first-order valence-corrected chi connectivity index (χ1v) is 8.80. The van der Waals surface area contributed by atoms with Crippen LogP contribution in [0.4, 0.5) is 5.00 Å². The van der Waals surface area contributed by atoms with Crippen LogP contribution in [-0.4, -0.2) is 36.2 Å². The lowest BCUT2D eigenvalue weighted by Gasteiger charge is -2.36. The van der Waals surface area contributed by atoms with E-state index in [1.807, 2.05) is 13.8 Å². The molecule has 22 heavy (non-hydrogen) atoms. The second-order valence-electron chi connectivity index (χ2n) is 6.26. The van der Waals surface area contributed by atoms with Gasteiger partial charge in [-0.05, 0) is 49.9 Å². The lowest BCUT2D eigenvalue weighted by atomic mass is 9.92. The molecule has 0 spiro atoms. The predicted molar refractivity (Wildman–Crippen MR) is 95.9 cm³/mol. The number of likely N-dealkylation sites (tertiary alicyclic amines) is 1. The normalized spacial score (nSPS) is 21.6. The Morgan fingerprint density at radius 2 is 1.91 bits per heavy atom. The second-order valence-corrected chi connectivity index (χ2v) is 7.87. The number of ether oxygens (including phenoxy) is 1. The van der Waals surface area contributed by atoms with Crippen LogP contribution in [0.15, 0.2) is 0 Å². The molecule has 1 aromatic rings. The Labute approximate surface area is 141 Å². The quantitative estimate of drug-likeness (QED) is 0.655. The van der Waals surface area contributed by atoms with Crippen molar-refractivity contribution in [2.45, 2.75) is 34.1 Å². The molecule has 2 rings (SSSR count). The van der Waals surface area contributed by atoms with Gasteiger partial charge in [-0.15, -0.1) is 11.3 Å². The van der Waals surface area contributed by atoms with Crippen LogP contribution in [-0.2, 0) is 4.74 Å². The van der Waals surface area contributed by atoms with Crippen LogP contribution in [0.3, 0.4) is 0 Å². The maximum absolute atomic E-state index is 12.0. The maximum atomic E-state index is 12.0. The summed E-state index contributed by atoms with van der Waals surface area (Å²) < 4.78 is 4.90. The molecule has 0 radical (unpaired) electrons. The molecule has 1 N–H and O–H groups in total. The molecule has 1 fully saturated rings.